The molecule has 0 aromatic heterocycles. The minimum absolute atomic E-state index is 0.293. The van der Waals surface area contributed by atoms with Gasteiger partial charge in [-0.25, -0.2) is 0 Å². The van der Waals surface area contributed by atoms with Gasteiger partial charge in [0.25, 0.3) is 0 Å². The molecule has 0 spiro atoms. The smallest absolute Gasteiger partial charge is 0.0129 e. The highest BCUT2D eigenvalue weighted by molar-refractivity contribution is 5.44. The lowest BCUT2D eigenvalue weighted by atomic mass is 9.78. The molecule has 0 nitrogen and oxygen atoms in total. The monoisotopic (exact) mass is 1130 g/mol. The molecule has 0 saturated carbocycles. The quantitative estimate of drug-likeness (QED) is 0.133. The molecule has 0 bridgehead atoms. The SMILES string of the molecule is CC(C)(C)c1ccc2c(c1)CCC2.CC(C)(C)c1ccc2c(c1)CCCC2.CC(C)(C)c1ccc2c(c1)CCCCC2.CC(C)(C)c1cccc2c1CCC2.CC(C)(C)c1cccc2c1CCCC2.CC(C)(C)c1cccc2c1CCCCC2. The first kappa shape index (κ1) is 66.8. The van der Waals surface area contributed by atoms with E-state index in [1.165, 1.54) is 171 Å². The minimum Gasteiger partial charge on any atom is -0.0617 e. The molecule has 0 unspecified atom stereocenters. The van der Waals surface area contributed by atoms with Gasteiger partial charge in [0.05, 0.1) is 0 Å². The Morgan fingerprint density at radius 1 is 0.190 bits per heavy atom. The van der Waals surface area contributed by atoms with E-state index in [1.54, 1.807) is 83.5 Å². The van der Waals surface area contributed by atoms with Gasteiger partial charge in [-0.1, -0.05) is 247 Å². The Labute approximate surface area is 517 Å². The summed E-state index contributed by atoms with van der Waals surface area (Å²) in [5, 5.41) is 0. The summed E-state index contributed by atoms with van der Waals surface area (Å²) in [5.74, 6) is 0. The topological polar surface area (TPSA) is 0 Å². The summed E-state index contributed by atoms with van der Waals surface area (Å²) in [6, 6.07) is 41.8. The first-order valence-corrected chi connectivity index (χ1v) is 34.2. The van der Waals surface area contributed by atoms with Gasteiger partial charge in [0.2, 0.25) is 0 Å². The van der Waals surface area contributed by atoms with Crippen molar-refractivity contribution in [1.82, 2.24) is 0 Å². The highest BCUT2D eigenvalue weighted by Gasteiger charge is 2.25. The zero-order valence-corrected chi connectivity index (χ0v) is 57.4. The Morgan fingerprint density at radius 2 is 0.417 bits per heavy atom. The zero-order chi connectivity index (χ0) is 61.1. The summed E-state index contributed by atoms with van der Waals surface area (Å²) in [4.78, 5) is 0. The van der Waals surface area contributed by atoms with Crippen LogP contribution in [0.25, 0.3) is 0 Å². The van der Waals surface area contributed by atoms with Crippen LogP contribution in [-0.2, 0) is 110 Å². The van der Waals surface area contributed by atoms with Crippen molar-refractivity contribution in [2.24, 2.45) is 0 Å². The van der Waals surface area contributed by atoms with Gasteiger partial charge in [-0.2, -0.15) is 0 Å². The molecule has 6 aliphatic carbocycles. The molecule has 6 aliphatic rings. The van der Waals surface area contributed by atoms with Crippen LogP contribution < -0.4 is 0 Å². The molecular weight excluding hydrogens is 1010 g/mol. The zero-order valence-electron chi connectivity index (χ0n) is 57.4. The molecule has 0 aliphatic heterocycles. The van der Waals surface area contributed by atoms with E-state index >= 15 is 0 Å². The Bertz CT molecular complexity index is 3040. The number of aryl methyl sites for hydroxylation is 9. The van der Waals surface area contributed by atoms with Gasteiger partial charge in [0.15, 0.2) is 0 Å². The van der Waals surface area contributed by atoms with Crippen LogP contribution in [-0.4, -0.2) is 0 Å². The molecule has 84 heavy (non-hydrogen) atoms. The number of fused-ring (bicyclic) bond motifs is 6. The van der Waals surface area contributed by atoms with Crippen LogP contribution in [0.2, 0.25) is 0 Å². The van der Waals surface area contributed by atoms with Crippen molar-refractivity contribution in [3.63, 3.8) is 0 Å². The van der Waals surface area contributed by atoms with Gasteiger partial charge >= 0.3 is 0 Å². The molecule has 0 radical (unpaired) electrons. The molecule has 0 heterocycles. The van der Waals surface area contributed by atoms with Gasteiger partial charge in [-0.15, -0.1) is 0 Å². The van der Waals surface area contributed by atoms with Crippen LogP contribution in [0.4, 0.5) is 0 Å². The summed E-state index contributed by atoms with van der Waals surface area (Å²) in [7, 11) is 0. The fourth-order valence-electron chi connectivity index (χ4n) is 14.1. The standard InChI is InChI=1S/2C15H22.2C14H20.2C13H18/c1-15(2,3)14-11-7-9-12-8-5-4-6-10-13(12)14;1-15(2,3)14-10-9-12-7-5-4-6-8-13(12)11-14;1-14(2,3)13-10-6-8-11-7-4-5-9-12(11)13;1-14(2,3)13-9-8-11-6-4-5-7-12(11)10-13;1-13(2,3)12-9-5-7-10-6-4-8-11(10)12;1-13(2,3)12-8-7-10-5-4-6-11(10)9-12/h7,9,11H,4-6,8,10H2,1-3H3;9-11H,4-8H2,1-3H3;6,8,10H,4-5,7,9H2,1-3H3;8-10H,4-7H2,1-3H3;5,7,9H,4,6,8H2,1-3H3;7-9H,4-6H2,1-3H3. The predicted octanol–water partition coefficient (Wildman–Crippen LogP) is 23.2. The molecule has 6 aromatic carbocycles. The molecule has 0 amide bonds. The Morgan fingerprint density at radius 3 is 0.738 bits per heavy atom. The summed E-state index contributed by atoms with van der Waals surface area (Å²) in [5.41, 5.74) is 30.3. The van der Waals surface area contributed by atoms with E-state index in [-0.39, 0.29) is 0 Å². The van der Waals surface area contributed by atoms with Crippen molar-refractivity contribution in [1.29, 1.82) is 0 Å². The maximum atomic E-state index is 2.45. The molecule has 0 fully saturated rings. The average Bonchev–Trinajstić information content (AvgIpc) is 4.00. The lowest BCUT2D eigenvalue weighted by Crippen LogP contribution is -2.17. The molecule has 6 aromatic rings. The van der Waals surface area contributed by atoms with Gasteiger partial charge in [0.1, 0.15) is 0 Å². The summed E-state index contributed by atoms with van der Waals surface area (Å²) in [6.07, 6.45) is 32.0. The van der Waals surface area contributed by atoms with Crippen LogP contribution in [0.3, 0.4) is 0 Å². The van der Waals surface area contributed by atoms with Crippen molar-refractivity contribution in [3.05, 3.63) is 209 Å². The first-order chi connectivity index (χ1) is 39.5. The summed E-state index contributed by atoms with van der Waals surface area (Å²) in [6.45, 7) is 41.5. The van der Waals surface area contributed by atoms with E-state index in [0.29, 0.717) is 32.5 Å². The van der Waals surface area contributed by atoms with Crippen LogP contribution in [0.1, 0.15) is 302 Å². The van der Waals surface area contributed by atoms with Gasteiger partial charge in [-0.05, 0) is 274 Å². The lowest BCUT2D eigenvalue weighted by molar-refractivity contribution is 0.568. The second kappa shape index (κ2) is 28.9. The van der Waals surface area contributed by atoms with E-state index < -0.39 is 0 Å². The van der Waals surface area contributed by atoms with Gasteiger partial charge in [0, 0.05) is 0 Å². The highest BCUT2D eigenvalue weighted by Crippen LogP contribution is 2.37. The maximum Gasteiger partial charge on any atom is -0.0129 e. The number of hydrogen-bond donors (Lipinski definition) is 0. The van der Waals surface area contributed by atoms with Crippen molar-refractivity contribution in [2.75, 3.05) is 0 Å². The van der Waals surface area contributed by atoms with Gasteiger partial charge < -0.3 is 0 Å². The predicted molar refractivity (Wildman–Crippen MR) is 371 cm³/mol. The van der Waals surface area contributed by atoms with E-state index in [9.17, 15) is 0 Å². The normalized spacial score (nSPS) is 16.5. The largest absolute Gasteiger partial charge is 0.0617 e. The lowest BCUT2D eigenvalue weighted by Gasteiger charge is -2.27. The van der Waals surface area contributed by atoms with E-state index in [0.717, 1.165) is 0 Å². The number of benzene rings is 6. The molecule has 0 heteroatoms. The fourth-order valence-corrected chi connectivity index (χ4v) is 14.1. The van der Waals surface area contributed by atoms with Crippen molar-refractivity contribution < 1.29 is 0 Å². The minimum atomic E-state index is 0.293. The number of rotatable bonds is 0. The van der Waals surface area contributed by atoms with Crippen molar-refractivity contribution >= 4 is 0 Å². The summed E-state index contributed by atoms with van der Waals surface area (Å²) >= 11 is 0. The Kier molecular flexibility index (Phi) is 23.0. The summed E-state index contributed by atoms with van der Waals surface area (Å²) < 4.78 is 0. The number of hydrogen-bond acceptors (Lipinski definition) is 0. The first-order valence-electron chi connectivity index (χ1n) is 34.2. The Balaban J connectivity index is 0.000000145. The fraction of sp³-hybridized carbons (Fsp3) is 0.571. The maximum absolute atomic E-state index is 2.45. The van der Waals surface area contributed by atoms with Crippen LogP contribution in [0, 0.1) is 0 Å². The third-order valence-corrected chi connectivity index (χ3v) is 19.3. The average molecular weight is 1130 g/mol. The molecule has 12 rings (SSSR count). The molecule has 0 saturated heterocycles. The highest BCUT2D eigenvalue weighted by atomic mass is 14.3. The van der Waals surface area contributed by atoms with E-state index in [2.05, 4.69) is 234 Å². The molecular formula is C84H120. The van der Waals surface area contributed by atoms with E-state index in [1.807, 2.05) is 0 Å². The van der Waals surface area contributed by atoms with Crippen molar-refractivity contribution in [2.45, 2.75) is 311 Å². The second-order valence-corrected chi connectivity index (χ2v) is 32.5. The molecule has 0 N–H and O–H groups in total. The third-order valence-electron chi connectivity index (χ3n) is 19.3. The molecule has 0 atom stereocenters. The second-order valence-electron chi connectivity index (χ2n) is 32.5. The van der Waals surface area contributed by atoms with Crippen molar-refractivity contribution in [3.8, 4) is 0 Å². The molecule has 456 valence electrons. The van der Waals surface area contributed by atoms with Crippen LogP contribution in [0.5, 0.6) is 0 Å². The van der Waals surface area contributed by atoms with Gasteiger partial charge in [-0.3, -0.25) is 0 Å². The van der Waals surface area contributed by atoms with Crippen LogP contribution in [0.15, 0.2) is 109 Å². The van der Waals surface area contributed by atoms with E-state index in [4.69, 9.17) is 0 Å². The third kappa shape index (κ3) is 18.9. The van der Waals surface area contributed by atoms with Crippen LogP contribution >= 0.6 is 0 Å². The Hall–Kier alpha value is -4.68.